The molecule has 0 aromatic carbocycles. The lowest BCUT2D eigenvalue weighted by Gasteiger charge is -2.07. The lowest BCUT2D eigenvalue weighted by Crippen LogP contribution is -2.19. The molecule has 1 fully saturated rings. The van der Waals surface area contributed by atoms with E-state index in [1.807, 2.05) is 13.0 Å². The number of aryl methyl sites for hydroxylation is 1. The minimum Gasteiger partial charge on any atom is -0.311 e. The van der Waals surface area contributed by atoms with Crippen molar-refractivity contribution in [1.29, 1.82) is 0 Å². The van der Waals surface area contributed by atoms with E-state index in [4.69, 9.17) is 4.52 Å². The average molecular weight is 298 g/mol. The van der Waals surface area contributed by atoms with E-state index in [9.17, 15) is 4.79 Å². The van der Waals surface area contributed by atoms with Crippen LogP contribution in [0.15, 0.2) is 33.7 Å². The molecule has 0 aliphatic heterocycles. The Kier molecular flexibility index (Phi) is 2.88. The SMILES string of the molecule is Cc1nnc(Cn2c(-c3ccccn3)noc2=O)n1C1CC1. The van der Waals surface area contributed by atoms with E-state index >= 15 is 0 Å². The average Bonchev–Trinajstić information content (AvgIpc) is 3.21. The second kappa shape index (κ2) is 4.90. The number of rotatable bonds is 4. The summed E-state index contributed by atoms with van der Waals surface area (Å²) < 4.78 is 8.33. The first-order valence-corrected chi connectivity index (χ1v) is 7.12. The lowest BCUT2D eigenvalue weighted by atomic mass is 10.3. The smallest absolute Gasteiger partial charge is 0.311 e. The molecule has 3 heterocycles. The zero-order chi connectivity index (χ0) is 15.1. The van der Waals surface area contributed by atoms with Gasteiger partial charge in [0.15, 0.2) is 5.82 Å². The first-order chi connectivity index (χ1) is 10.7. The predicted molar refractivity (Wildman–Crippen MR) is 76.1 cm³/mol. The minimum atomic E-state index is -0.524. The molecule has 4 rings (SSSR count). The molecule has 0 unspecified atom stereocenters. The summed E-state index contributed by atoms with van der Waals surface area (Å²) in [5.41, 5.74) is 0.586. The first-order valence-electron chi connectivity index (χ1n) is 7.12. The van der Waals surface area contributed by atoms with Crippen molar-refractivity contribution in [3.05, 3.63) is 46.6 Å². The van der Waals surface area contributed by atoms with Crippen LogP contribution in [0.25, 0.3) is 11.5 Å². The molecular formula is C14H14N6O2. The van der Waals surface area contributed by atoms with Gasteiger partial charge in [0.05, 0.1) is 6.54 Å². The Labute approximate surface area is 125 Å². The van der Waals surface area contributed by atoms with Crippen LogP contribution in [0.3, 0.4) is 0 Å². The predicted octanol–water partition coefficient (Wildman–Crippen LogP) is 1.18. The maximum atomic E-state index is 12.0. The molecule has 0 atom stereocenters. The summed E-state index contributed by atoms with van der Waals surface area (Å²) in [6.07, 6.45) is 3.89. The fourth-order valence-corrected chi connectivity index (χ4v) is 2.56. The summed E-state index contributed by atoms with van der Waals surface area (Å²) in [6.45, 7) is 2.19. The molecule has 0 amide bonds. The van der Waals surface area contributed by atoms with Crippen LogP contribution in [0, 0.1) is 6.92 Å². The van der Waals surface area contributed by atoms with E-state index in [0.29, 0.717) is 17.6 Å². The maximum Gasteiger partial charge on any atom is 0.442 e. The zero-order valence-electron chi connectivity index (χ0n) is 12.0. The molecule has 112 valence electrons. The molecule has 1 aliphatic carbocycles. The molecule has 0 spiro atoms. The molecule has 0 saturated heterocycles. The number of pyridine rings is 1. The molecule has 0 bridgehead atoms. The van der Waals surface area contributed by atoms with Crippen LogP contribution in [0.1, 0.15) is 30.5 Å². The minimum absolute atomic E-state index is 0.269. The van der Waals surface area contributed by atoms with Crippen LogP contribution in [-0.2, 0) is 6.54 Å². The standard InChI is InChI=1S/C14H14N6O2/c1-9-16-17-12(20(9)10-5-6-10)8-19-13(18-22-14(19)21)11-4-2-3-7-15-11/h2-4,7,10H,5-6,8H2,1H3. The third-order valence-electron chi connectivity index (χ3n) is 3.73. The van der Waals surface area contributed by atoms with Crippen molar-refractivity contribution in [3.8, 4) is 11.5 Å². The largest absolute Gasteiger partial charge is 0.442 e. The van der Waals surface area contributed by atoms with Gasteiger partial charge in [0.25, 0.3) is 0 Å². The molecule has 8 nitrogen and oxygen atoms in total. The van der Waals surface area contributed by atoms with E-state index in [0.717, 1.165) is 24.5 Å². The summed E-state index contributed by atoms with van der Waals surface area (Å²) in [7, 11) is 0. The molecule has 22 heavy (non-hydrogen) atoms. The molecule has 3 aromatic heterocycles. The van der Waals surface area contributed by atoms with Crippen molar-refractivity contribution < 1.29 is 4.52 Å². The Balaban J connectivity index is 1.75. The van der Waals surface area contributed by atoms with Crippen LogP contribution < -0.4 is 5.76 Å². The molecule has 0 radical (unpaired) electrons. The van der Waals surface area contributed by atoms with Gasteiger partial charge < -0.3 is 4.57 Å². The fraction of sp³-hybridized carbons (Fsp3) is 0.357. The van der Waals surface area contributed by atoms with E-state index in [2.05, 4.69) is 24.9 Å². The number of hydrogen-bond donors (Lipinski definition) is 0. The molecular weight excluding hydrogens is 284 g/mol. The quantitative estimate of drug-likeness (QED) is 0.718. The van der Waals surface area contributed by atoms with Gasteiger partial charge >= 0.3 is 5.76 Å². The van der Waals surface area contributed by atoms with E-state index in [1.165, 1.54) is 4.57 Å². The molecule has 3 aromatic rings. The second-order valence-corrected chi connectivity index (χ2v) is 5.34. The summed E-state index contributed by atoms with van der Waals surface area (Å²) in [4.78, 5) is 16.2. The first kappa shape index (κ1) is 12.9. The van der Waals surface area contributed by atoms with Crippen molar-refractivity contribution in [2.24, 2.45) is 0 Å². The van der Waals surface area contributed by atoms with Gasteiger partial charge in [-0.2, -0.15) is 0 Å². The van der Waals surface area contributed by atoms with Crippen molar-refractivity contribution in [2.75, 3.05) is 0 Å². The van der Waals surface area contributed by atoms with Crippen molar-refractivity contribution >= 4 is 0 Å². The number of nitrogens with zero attached hydrogens (tertiary/aromatic N) is 6. The van der Waals surface area contributed by atoms with Gasteiger partial charge in [0.2, 0.25) is 5.82 Å². The zero-order valence-corrected chi connectivity index (χ0v) is 12.0. The van der Waals surface area contributed by atoms with Gasteiger partial charge in [0, 0.05) is 12.2 Å². The Hall–Kier alpha value is -2.77. The molecule has 1 saturated carbocycles. The van der Waals surface area contributed by atoms with E-state index in [-0.39, 0.29) is 6.54 Å². The van der Waals surface area contributed by atoms with E-state index in [1.54, 1.807) is 18.3 Å². The van der Waals surface area contributed by atoms with E-state index < -0.39 is 5.76 Å². The summed E-state index contributed by atoms with van der Waals surface area (Å²) in [5.74, 6) is 1.47. The number of aromatic nitrogens is 6. The number of hydrogen-bond acceptors (Lipinski definition) is 6. The van der Waals surface area contributed by atoms with Crippen LogP contribution in [-0.4, -0.2) is 29.5 Å². The second-order valence-electron chi connectivity index (χ2n) is 5.34. The van der Waals surface area contributed by atoms with Gasteiger partial charge in [0.1, 0.15) is 11.5 Å². The normalized spacial score (nSPS) is 14.4. The molecule has 8 heteroatoms. The Morgan fingerprint density at radius 1 is 1.32 bits per heavy atom. The fourth-order valence-electron chi connectivity index (χ4n) is 2.56. The third-order valence-corrected chi connectivity index (χ3v) is 3.73. The highest BCUT2D eigenvalue weighted by Gasteiger charge is 2.29. The third kappa shape index (κ3) is 2.12. The van der Waals surface area contributed by atoms with Crippen LogP contribution in [0.4, 0.5) is 0 Å². The maximum absolute atomic E-state index is 12.0. The summed E-state index contributed by atoms with van der Waals surface area (Å²) in [6, 6.07) is 5.87. The van der Waals surface area contributed by atoms with Crippen molar-refractivity contribution in [2.45, 2.75) is 32.4 Å². The highest BCUT2D eigenvalue weighted by atomic mass is 16.5. The van der Waals surface area contributed by atoms with Gasteiger partial charge in [-0.3, -0.25) is 9.51 Å². The summed E-state index contributed by atoms with van der Waals surface area (Å²) in [5, 5.41) is 12.1. The van der Waals surface area contributed by atoms with Gasteiger partial charge in [-0.1, -0.05) is 11.2 Å². The van der Waals surface area contributed by atoms with Crippen LogP contribution in [0.2, 0.25) is 0 Å². The van der Waals surface area contributed by atoms with Crippen molar-refractivity contribution in [3.63, 3.8) is 0 Å². The highest BCUT2D eigenvalue weighted by molar-refractivity contribution is 5.47. The van der Waals surface area contributed by atoms with Crippen molar-refractivity contribution in [1.82, 2.24) is 29.5 Å². The van der Waals surface area contributed by atoms with Gasteiger partial charge in [-0.05, 0) is 31.9 Å². The highest BCUT2D eigenvalue weighted by Crippen LogP contribution is 2.36. The van der Waals surface area contributed by atoms with Gasteiger partial charge in [-0.15, -0.1) is 10.2 Å². The van der Waals surface area contributed by atoms with Crippen LogP contribution >= 0.6 is 0 Å². The Morgan fingerprint density at radius 2 is 2.18 bits per heavy atom. The Morgan fingerprint density at radius 3 is 2.91 bits per heavy atom. The molecule has 0 N–H and O–H groups in total. The monoisotopic (exact) mass is 298 g/mol. The summed E-state index contributed by atoms with van der Waals surface area (Å²) >= 11 is 0. The molecule has 1 aliphatic rings. The lowest BCUT2D eigenvalue weighted by molar-refractivity contribution is 0.377. The topological polar surface area (TPSA) is 91.6 Å². The van der Waals surface area contributed by atoms with Crippen LogP contribution in [0.5, 0.6) is 0 Å². The van der Waals surface area contributed by atoms with Gasteiger partial charge in [-0.25, -0.2) is 9.36 Å². The Bertz CT molecular complexity index is 859.